The van der Waals surface area contributed by atoms with E-state index < -0.39 is 44.0 Å². The van der Waals surface area contributed by atoms with Gasteiger partial charge in [0.15, 0.2) is 0 Å². The highest BCUT2D eigenvalue weighted by Crippen LogP contribution is 2.31. The number of rotatable bonds is 12. The van der Waals surface area contributed by atoms with Crippen molar-refractivity contribution in [2.75, 3.05) is 18.9 Å². The van der Waals surface area contributed by atoms with Crippen LogP contribution in [0.2, 0.25) is 0 Å². The van der Waals surface area contributed by atoms with Crippen molar-refractivity contribution in [1.29, 1.82) is 0 Å². The van der Waals surface area contributed by atoms with Gasteiger partial charge in [0.25, 0.3) is 0 Å². The molecule has 3 atom stereocenters. The summed E-state index contributed by atoms with van der Waals surface area (Å²) in [6, 6.07) is -2.17. The minimum Gasteiger partial charge on any atom is -0.480 e. The highest BCUT2D eigenvalue weighted by atomic mass is 31.1. The van der Waals surface area contributed by atoms with Crippen LogP contribution in [0.25, 0.3) is 0 Å². The number of carbonyl (C=O) groups is 3. The monoisotopic (exact) mass is 337 g/mol. The zero-order chi connectivity index (χ0) is 17.3. The summed E-state index contributed by atoms with van der Waals surface area (Å²) in [5.41, 5.74) is 0. The van der Waals surface area contributed by atoms with Crippen molar-refractivity contribution in [3.8, 4) is 0 Å². The van der Waals surface area contributed by atoms with Crippen molar-refractivity contribution in [3.05, 3.63) is 0 Å². The summed E-state index contributed by atoms with van der Waals surface area (Å²) in [4.78, 5) is 32.3. The molecule has 10 heteroatoms. The van der Waals surface area contributed by atoms with Crippen molar-refractivity contribution in [2.24, 2.45) is 0 Å². The molecule has 0 rings (SSSR count). The van der Waals surface area contributed by atoms with Crippen LogP contribution in [0.1, 0.15) is 20.8 Å². The lowest BCUT2D eigenvalue weighted by molar-refractivity contribution is -0.139. The third-order valence-corrected chi connectivity index (χ3v) is 4.86. The number of hydrogen-bond donors (Lipinski definition) is 6. The van der Waals surface area contributed by atoms with Crippen LogP contribution in [0.4, 0.5) is 0 Å². The van der Waals surface area contributed by atoms with E-state index in [0.717, 1.165) is 0 Å². The minimum absolute atomic E-state index is 0.376. The zero-order valence-electron chi connectivity index (χ0n) is 12.9. The fourth-order valence-electron chi connectivity index (χ4n) is 1.23. The zero-order valence-corrected chi connectivity index (χ0v) is 13.8. The van der Waals surface area contributed by atoms with Gasteiger partial charge in [0, 0.05) is 18.9 Å². The number of carboxylic acid groups (broad SMARTS) is 3. The van der Waals surface area contributed by atoms with Gasteiger partial charge in [0.1, 0.15) is 18.1 Å². The molecule has 0 unspecified atom stereocenters. The van der Waals surface area contributed by atoms with Crippen molar-refractivity contribution >= 4 is 25.8 Å². The maximum atomic E-state index is 10.8. The Bertz CT molecular complexity index is 338. The molecule has 0 saturated carbocycles. The second kappa shape index (κ2) is 10.4. The maximum Gasteiger partial charge on any atom is 0.320 e. The molecular weight excluding hydrogens is 313 g/mol. The van der Waals surface area contributed by atoms with Gasteiger partial charge in [-0.3, -0.25) is 14.4 Å². The van der Waals surface area contributed by atoms with Crippen LogP contribution in [0.3, 0.4) is 0 Å². The molecule has 9 nitrogen and oxygen atoms in total. The average Bonchev–Trinajstić information content (AvgIpc) is 2.44. The highest BCUT2D eigenvalue weighted by Gasteiger charge is 2.18. The lowest BCUT2D eigenvalue weighted by Gasteiger charge is -2.23. The van der Waals surface area contributed by atoms with E-state index in [1.807, 2.05) is 0 Å². The van der Waals surface area contributed by atoms with Crippen molar-refractivity contribution in [1.82, 2.24) is 16.0 Å². The Morgan fingerprint density at radius 3 is 1.14 bits per heavy atom. The van der Waals surface area contributed by atoms with Gasteiger partial charge in [-0.2, -0.15) is 0 Å². The molecule has 22 heavy (non-hydrogen) atoms. The van der Waals surface area contributed by atoms with Crippen molar-refractivity contribution in [2.45, 2.75) is 38.9 Å². The second-order valence-corrected chi connectivity index (χ2v) is 7.23. The van der Waals surface area contributed by atoms with Crippen molar-refractivity contribution in [3.63, 3.8) is 0 Å². The van der Waals surface area contributed by atoms with Gasteiger partial charge in [0.05, 0.1) is 0 Å². The average molecular weight is 337 g/mol. The molecular formula is C12H24N3O6P. The van der Waals surface area contributed by atoms with Crippen LogP contribution in [0, 0.1) is 0 Å². The van der Waals surface area contributed by atoms with E-state index in [1.165, 1.54) is 20.8 Å². The molecule has 0 fully saturated rings. The Labute approximate surface area is 130 Å². The highest BCUT2D eigenvalue weighted by molar-refractivity contribution is 7.57. The Balaban J connectivity index is 4.44. The largest absolute Gasteiger partial charge is 0.480 e. The molecule has 0 radical (unpaired) electrons. The predicted molar refractivity (Wildman–Crippen MR) is 82.2 cm³/mol. The van der Waals surface area contributed by atoms with Crippen LogP contribution < -0.4 is 16.0 Å². The minimum atomic E-state index is -0.978. The van der Waals surface area contributed by atoms with E-state index in [4.69, 9.17) is 15.3 Å². The second-order valence-electron chi connectivity index (χ2n) is 4.94. The van der Waals surface area contributed by atoms with Gasteiger partial charge >= 0.3 is 17.9 Å². The van der Waals surface area contributed by atoms with E-state index in [9.17, 15) is 14.4 Å². The fraction of sp³-hybridized carbons (Fsp3) is 0.750. The molecule has 0 aromatic heterocycles. The Hall–Kier alpha value is -1.28. The first-order chi connectivity index (χ1) is 10.1. The van der Waals surface area contributed by atoms with E-state index in [2.05, 4.69) is 16.0 Å². The van der Waals surface area contributed by atoms with Gasteiger partial charge in [-0.25, -0.2) is 0 Å². The molecule has 0 aliphatic heterocycles. The Kier molecular flexibility index (Phi) is 9.84. The number of nitrogens with one attached hydrogen (secondary N) is 3. The molecule has 128 valence electrons. The Morgan fingerprint density at radius 2 is 0.955 bits per heavy atom. The Morgan fingerprint density at radius 1 is 0.727 bits per heavy atom. The van der Waals surface area contributed by atoms with Gasteiger partial charge in [-0.1, -0.05) is 7.92 Å². The summed E-state index contributed by atoms with van der Waals surface area (Å²) in [6.45, 7) is 4.53. The van der Waals surface area contributed by atoms with Gasteiger partial charge in [0.2, 0.25) is 0 Å². The third-order valence-electron chi connectivity index (χ3n) is 2.97. The number of carboxylic acids is 3. The van der Waals surface area contributed by atoms with E-state index in [-0.39, 0.29) is 0 Å². The smallest absolute Gasteiger partial charge is 0.320 e. The molecule has 0 bridgehead atoms. The van der Waals surface area contributed by atoms with Crippen LogP contribution in [-0.2, 0) is 14.4 Å². The molecule has 0 amide bonds. The van der Waals surface area contributed by atoms with Crippen LogP contribution >= 0.6 is 7.92 Å². The molecule has 0 saturated heterocycles. The standard InChI is InChI=1S/C12H24N3O6P/c1-7(10(16)17)13-4-22(5-14-8(2)11(18)19)6-15-9(3)12(20)21/h7-9,13-15H,4-6H2,1-3H3,(H,16,17)(H,18,19)(H,20,21)/t7-,8-,9-/m0/s1. The number of hydrogen-bond acceptors (Lipinski definition) is 6. The van der Waals surface area contributed by atoms with Crippen LogP contribution in [0.15, 0.2) is 0 Å². The maximum absolute atomic E-state index is 10.8. The van der Waals surface area contributed by atoms with Gasteiger partial charge < -0.3 is 31.3 Å². The summed E-state index contributed by atoms with van der Waals surface area (Å²) in [7, 11) is -0.856. The van der Waals surface area contributed by atoms with Crippen LogP contribution in [-0.4, -0.2) is 70.2 Å². The third kappa shape index (κ3) is 8.89. The molecule has 0 aliphatic rings. The fourth-order valence-corrected chi connectivity index (χ4v) is 3.16. The normalized spacial score (nSPS) is 15.3. The lowest BCUT2D eigenvalue weighted by Crippen LogP contribution is -2.40. The molecule has 6 N–H and O–H groups in total. The molecule has 0 heterocycles. The molecule has 0 aliphatic carbocycles. The van der Waals surface area contributed by atoms with Gasteiger partial charge in [-0.05, 0) is 20.8 Å². The summed E-state index contributed by atoms with van der Waals surface area (Å²) in [6.07, 6.45) is 1.13. The summed E-state index contributed by atoms with van der Waals surface area (Å²) in [5, 5.41) is 35.0. The lowest BCUT2D eigenvalue weighted by atomic mass is 10.4. The summed E-state index contributed by atoms with van der Waals surface area (Å²) >= 11 is 0. The topological polar surface area (TPSA) is 148 Å². The molecule has 0 aromatic carbocycles. The summed E-state index contributed by atoms with van der Waals surface area (Å²) in [5.74, 6) is -2.93. The van der Waals surface area contributed by atoms with E-state index in [1.54, 1.807) is 0 Å². The first kappa shape index (κ1) is 20.7. The SMILES string of the molecule is C[C@H](NCP(CN[C@@H](C)C(=O)O)CN[C@@H](C)C(=O)O)C(=O)O. The van der Waals surface area contributed by atoms with Crippen molar-refractivity contribution < 1.29 is 29.7 Å². The van der Waals surface area contributed by atoms with Crippen LogP contribution in [0.5, 0.6) is 0 Å². The summed E-state index contributed by atoms with van der Waals surface area (Å²) < 4.78 is 0. The first-order valence-corrected chi connectivity index (χ1v) is 8.65. The molecule has 0 spiro atoms. The van der Waals surface area contributed by atoms with Gasteiger partial charge in [-0.15, -0.1) is 0 Å². The number of aliphatic carboxylic acids is 3. The first-order valence-electron chi connectivity index (χ1n) is 6.76. The quantitative estimate of drug-likeness (QED) is 0.260. The molecule has 0 aromatic rings. The predicted octanol–water partition coefficient (Wildman–Crippen LogP) is -0.471. The van der Waals surface area contributed by atoms with E-state index >= 15 is 0 Å². The van der Waals surface area contributed by atoms with E-state index in [0.29, 0.717) is 18.9 Å².